The van der Waals surface area contributed by atoms with Crippen molar-refractivity contribution in [2.24, 2.45) is 16.6 Å². The van der Waals surface area contributed by atoms with E-state index >= 15 is 0 Å². The predicted octanol–water partition coefficient (Wildman–Crippen LogP) is 2.98. The van der Waals surface area contributed by atoms with Gasteiger partial charge in [0.15, 0.2) is 0 Å². The first-order valence-corrected chi connectivity index (χ1v) is 8.38. The van der Waals surface area contributed by atoms with Crippen LogP contribution in [0.3, 0.4) is 0 Å². The highest BCUT2D eigenvalue weighted by atomic mass is 16.2. The standard InChI is InChI=1S/C19H28N2O/c1-18(2)10-15-11-19(3,12-18)13-21(15)17(22)16(20)9-14-7-5-4-6-8-14/h4-8,15-16H,9-13,20H2,1-3H3. The first-order valence-electron chi connectivity index (χ1n) is 8.38. The van der Waals surface area contributed by atoms with Crippen molar-refractivity contribution < 1.29 is 4.79 Å². The predicted molar refractivity (Wildman–Crippen MR) is 89.4 cm³/mol. The van der Waals surface area contributed by atoms with Crippen LogP contribution in [0.5, 0.6) is 0 Å². The topological polar surface area (TPSA) is 46.3 Å². The molecule has 2 aliphatic rings. The largest absolute Gasteiger partial charge is 0.338 e. The zero-order valence-corrected chi connectivity index (χ0v) is 14.0. The molecule has 0 aromatic heterocycles. The van der Waals surface area contributed by atoms with Gasteiger partial charge in [0.2, 0.25) is 5.91 Å². The third-order valence-corrected chi connectivity index (χ3v) is 5.31. The average molecular weight is 300 g/mol. The number of carbonyl (C=O) groups is 1. The van der Waals surface area contributed by atoms with Gasteiger partial charge in [-0.3, -0.25) is 4.79 Å². The zero-order valence-electron chi connectivity index (χ0n) is 14.0. The summed E-state index contributed by atoms with van der Waals surface area (Å²) in [5.41, 5.74) is 7.97. The van der Waals surface area contributed by atoms with E-state index in [-0.39, 0.29) is 11.3 Å². The summed E-state index contributed by atoms with van der Waals surface area (Å²) in [6.45, 7) is 7.86. The van der Waals surface area contributed by atoms with Gasteiger partial charge in [-0.1, -0.05) is 51.1 Å². The summed E-state index contributed by atoms with van der Waals surface area (Å²) >= 11 is 0. The SMILES string of the molecule is CC1(C)CC2CC(C)(CN2C(=O)C(N)Cc2ccccc2)C1. The number of fused-ring (bicyclic) bond motifs is 2. The maximum absolute atomic E-state index is 12.8. The highest BCUT2D eigenvalue weighted by Gasteiger charge is 2.51. The van der Waals surface area contributed by atoms with Crippen LogP contribution in [-0.2, 0) is 11.2 Å². The normalized spacial score (nSPS) is 31.1. The Bertz CT molecular complexity index is 554. The molecular weight excluding hydrogens is 272 g/mol. The molecule has 1 heterocycles. The Morgan fingerprint density at radius 1 is 1.27 bits per heavy atom. The smallest absolute Gasteiger partial charge is 0.240 e. The van der Waals surface area contributed by atoms with Gasteiger partial charge < -0.3 is 10.6 Å². The van der Waals surface area contributed by atoms with Crippen molar-refractivity contribution in [2.75, 3.05) is 6.54 Å². The Kier molecular flexibility index (Phi) is 3.80. The molecule has 1 saturated carbocycles. The summed E-state index contributed by atoms with van der Waals surface area (Å²) in [5, 5.41) is 0. The van der Waals surface area contributed by atoms with E-state index < -0.39 is 6.04 Å². The van der Waals surface area contributed by atoms with E-state index in [2.05, 4.69) is 25.7 Å². The van der Waals surface area contributed by atoms with Crippen LogP contribution in [0, 0.1) is 10.8 Å². The minimum absolute atomic E-state index is 0.135. The minimum atomic E-state index is -0.423. The number of rotatable bonds is 3. The summed E-state index contributed by atoms with van der Waals surface area (Å²) < 4.78 is 0. The molecule has 3 unspecified atom stereocenters. The van der Waals surface area contributed by atoms with Crippen molar-refractivity contribution in [3.05, 3.63) is 35.9 Å². The Hall–Kier alpha value is -1.35. The first-order chi connectivity index (χ1) is 10.3. The van der Waals surface area contributed by atoms with Crippen LogP contribution >= 0.6 is 0 Å². The molecule has 3 rings (SSSR count). The quantitative estimate of drug-likeness (QED) is 0.933. The first kappa shape index (κ1) is 15.5. The van der Waals surface area contributed by atoms with E-state index in [0.29, 0.717) is 17.9 Å². The van der Waals surface area contributed by atoms with Crippen LogP contribution in [0.1, 0.15) is 45.6 Å². The second-order valence-corrected chi connectivity index (χ2v) is 8.48. The summed E-state index contributed by atoms with van der Waals surface area (Å²) in [6.07, 6.45) is 4.07. The second kappa shape index (κ2) is 5.38. The number of hydrogen-bond donors (Lipinski definition) is 1. The molecule has 3 heteroatoms. The summed E-state index contributed by atoms with van der Waals surface area (Å²) in [6, 6.07) is 10.0. The fourth-order valence-electron chi connectivity index (χ4n) is 4.89. The molecule has 2 fully saturated rings. The molecule has 3 atom stereocenters. The van der Waals surface area contributed by atoms with Crippen LogP contribution in [0.4, 0.5) is 0 Å². The molecule has 2 bridgehead atoms. The fraction of sp³-hybridized carbons (Fsp3) is 0.632. The second-order valence-electron chi connectivity index (χ2n) is 8.48. The molecule has 3 nitrogen and oxygen atoms in total. The van der Waals surface area contributed by atoms with Gasteiger partial charge in [0.05, 0.1) is 6.04 Å². The zero-order chi connectivity index (χ0) is 16.0. The molecule has 22 heavy (non-hydrogen) atoms. The van der Waals surface area contributed by atoms with Gasteiger partial charge in [-0.05, 0) is 42.1 Å². The van der Waals surface area contributed by atoms with E-state index in [1.165, 1.54) is 6.42 Å². The number of nitrogens with zero attached hydrogens (tertiary/aromatic N) is 1. The molecule has 1 saturated heterocycles. The lowest BCUT2D eigenvalue weighted by Crippen LogP contribution is -2.47. The van der Waals surface area contributed by atoms with Gasteiger partial charge >= 0.3 is 0 Å². The molecule has 2 N–H and O–H groups in total. The van der Waals surface area contributed by atoms with Gasteiger partial charge in [-0.25, -0.2) is 0 Å². The lowest BCUT2D eigenvalue weighted by Gasteiger charge is -2.39. The number of likely N-dealkylation sites (tertiary alicyclic amines) is 1. The van der Waals surface area contributed by atoms with Crippen LogP contribution in [0.2, 0.25) is 0 Å². The van der Waals surface area contributed by atoms with Crippen LogP contribution < -0.4 is 5.73 Å². The average Bonchev–Trinajstić information content (AvgIpc) is 2.68. The molecule has 1 aromatic carbocycles. The van der Waals surface area contributed by atoms with E-state index in [4.69, 9.17) is 5.73 Å². The minimum Gasteiger partial charge on any atom is -0.338 e. The molecule has 1 aliphatic heterocycles. The number of amides is 1. The Morgan fingerprint density at radius 3 is 2.64 bits per heavy atom. The maximum atomic E-state index is 12.8. The van der Waals surface area contributed by atoms with Gasteiger partial charge in [-0.15, -0.1) is 0 Å². The highest BCUT2D eigenvalue weighted by molar-refractivity contribution is 5.82. The van der Waals surface area contributed by atoms with Gasteiger partial charge in [-0.2, -0.15) is 0 Å². The lowest BCUT2D eigenvalue weighted by atomic mass is 9.65. The Labute approximate surface area is 133 Å². The summed E-state index contributed by atoms with van der Waals surface area (Å²) in [5.74, 6) is 0.135. The van der Waals surface area contributed by atoms with Crippen LogP contribution in [0.15, 0.2) is 30.3 Å². The number of hydrogen-bond acceptors (Lipinski definition) is 2. The molecule has 1 amide bonds. The fourth-order valence-corrected chi connectivity index (χ4v) is 4.89. The maximum Gasteiger partial charge on any atom is 0.240 e. The van der Waals surface area contributed by atoms with Crippen molar-refractivity contribution in [3.63, 3.8) is 0 Å². The van der Waals surface area contributed by atoms with E-state index in [9.17, 15) is 4.79 Å². The molecular formula is C19H28N2O. The summed E-state index contributed by atoms with van der Waals surface area (Å²) in [7, 11) is 0. The molecule has 0 spiro atoms. The molecule has 120 valence electrons. The van der Waals surface area contributed by atoms with Crippen molar-refractivity contribution in [3.8, 4) is 0 Å². The van der Waals surface area contributed by atoms with Crippen molar-refractivity contribution in [1.82, 2.24) is 4.90 Å². The third kappa shape index (κ3) is 3.05. The van der Waals surface area contributed by atoms with Crippen LogP contribution in [0.25, 0.3) is 0 Å². The van der Waals surface area contributed by atoms with Crippen LogP contribution in [-0.4, -0.2) is 29.4 Å². The third-order valence-electron chi connectivity index (χ3n) is 5.31. The molecule has 1 aliphatic carbocycles. The van der Waals surface area contributed by atoms with Gasteiger partial charge in [0.1, 0.15) is 0 Å². The van der Waals surface area contributed by atoms with Crippen molar-refractivity contribution >= 4 is 5.91 Å². The van der Waals surface area contributed by atoms with E-state index in [1.54, 1.807) is 0 Å². The highest BCUT2D eigenvalue weighted by Crippen LogP contribution is 2.52. The Morgan fingerprint density at radius 2 is 1.95 bits per heavy atom. The number of benzene rings is 1. The lowest BCUT2D eigenvalue weighted by molar-refractivity contribution is -0.133. The van der Waals surface area contributed by atoms with Gasteiger partial charge in [0.25, 0.3) is 0 Å². The van der Waals surface area contributed by atoms with Crippen molar-refractivity contribution in [1.29, 1.82) is 0 Å². The van der Waals surface area contributed by atoms with Gasteiger partial charge in [0, 0.05) is 12.6 Å². The molecule has 1 aromatic rings. The monoisotopic (exact) mass is 300 g/mol. The Balaban J connectivity index is 1.70. The summed E-state index contributed by atoms with van der Waals surface area (Å²) in [4.78, 5) is 14.9. The number of nitrogens with two attached hydrogens (primary N) is 1. The molecule has 0 radical (unpaired) electrons. The van der Waals surface area contributed by atoms with E-state index in [0.717, 1.165) is 24.9 Å². The number of carbonyl (C=O) groups excluding carboxylic acids is 1. The van der Waals surface area contributed by atoms with E-state index in [1.807, 2.05) is 30.3 Å². The van der Waals surface area contributed by atoms with Crippen molar-refractivity contribution in [2.45, 2.75) is 58.5 Å².